The minimum atomic E-state index is -1.47. The molecule has 5 nitrogen and oxygen atoms in total. The summed E-state index contributed by atoms with van der Waals surface area (Å²) in [5.74, 6) is -1.55. The lowest BCUT2D eigenvalue weighted by Crippen LogP contribution is -2.46. The number of nitrogens with one attached hydrogen (secondary N) is 1. The summed E-state index contributed by atoms with van der Waals surface area (Å²) in [6, 6.07) is 1.92. The highest BCUT2D eigenvalue weighted by molar-refractivity contribution is 9.10. The predicted molar refractivity (Wildman–Crippen MR) is 72.5 cm³/mol. The van der Waals surface area contributed by atoms with Crippen LogP contribution < -0.4 is 5.32 Å². The van der Waals surface area contributed by atoms with E-state index in [9.17, 15) is 14.7 Å². The Morgan fingerprint density at radius 1 is 1.53 bits per heavy atom. The first-order valence-corrected chi connectivity index (χ1v) is 6.85. The van der Waals surface area contributed by atoms with Gasteiger partial charge in [0.1, 0.15) is 5.41 Å². The fourth-order valence-corrected chi connectivity index (χ4v) is 2.20. The standard InChI is InChI=1S/C13H15BrN2O3/c1-13(12(18)19,11(17)16-10-2-3-10)5-8-4-9(14)7-15-6-8/h4,6-7,10H,2-3,5H2,1H3,(H,16,17)(H,18,19). The topological polar surface area (TPSA) is 79.3 Å². The van der Waals surface area contributed by atoms with Gasteiger partial charge in [-0.25, -0.2) is 0 Å². The minimum Gasteiger partial charge on any atom is -0.480 e. The number of amides is 1. The van der Waals surface area contributed by atoms with Crippen LogP contribution in [0.1, 0.15) is 25.3 Å². The third-order valence-corrected chi connectivity index (χ3v) is 3.64. The van der Waals surface area contributed by atoms with Crippen LogP contribution in [0.2, 0.25) is 0 Å². The van der Waals surface area contributed by atoms with Crippen molar-refractivity contribution in [3.8, 4) is 0 Å². The van der Waals surface area contributed by atoms with Gasteiger partial charge in [0.25, 0.3) is 0 Å². The zero-order valence-corrected chi connectivity index (χ0v) is 12.1. The molecule has 102 valence electrons. The number of carbonyl (C=O) groups is 2. The molecule has 0 aliphatic heterocycles. The fourth-order valence-electron chi connectivity index (χ4n) is 1.79. The van der Waals surface area contributed by atoms with Crippen LogP contribution in [0.3, 0.4) is 0 Å². The van der Waals surface area contributed by atoms with Crippen LogP contribution in [0, 0.1) is 5.41 Å². The van der Waals surface area contributed by atoms with Gasteiger partial charge >= 0.3 is 5.97 Å². The number of aromatic nitrogens is 1. The van der Waals surface area contributed by atoms with E-state index in [2.05, 4.69) is 26.2 Å². The molecule has 2 N–H and O–H groups in total. The summed E-state index contributed by atoms with van der Waals surface area (Å²) in [6.45, 7) is 1.45. The largest absolute Gasteiger partial charge is 0.480 e. The summed E-state index contributed by atoms with van der Waals surface area (Å²) >= 11 is 3.28. The quantitative estimate of drug-likeness (QED) is 0.808. The third kappa shape index (κ3) is 3.32. The normalized spacial score (nSPS) is 17.6. The molecule has 1 amide bonds. The van der Waals surface area contributed by atoms with E-state index < -0.39 is 17.3 Å². The van der Waals surface area contributed by atoms with Crippen LogP contribution in [-0.2, 0) is 16.0 Å². The zero-order chi connectivity index (χ0) is 14.0. The van der Waals surface area contributed by atoms with Gasteiger partial charge in [-0.1, -0.05) is 0 Å². The smallest absolute Gasteiger partial charge is 0.319 e. The molecule has 6 heteroatoms. The number of nitrogens with zero attached hydrogens (tertiary/aromatic N) is 1. The Kier molecular flexibility index (Phi) is 3.89. The molecular formula is C13H15BrN2O3. The first kappa shape index (κ1) is 14.0. The number of hydrogen-bond acceptors (Lipinski definition) is 3. The summed E-state index contributed by atoms with van der Waals surface area (Å²) in [4.78, 5) is 27.6. The highest BCUT2D eigenvalue weighted by Crippen LogP contribution is 2.27. The Bertz CT molecular complexity index is 516. The molecule has 0 spiro atoms. The summed E-state index contributed by atoms with van der Waals surface area (Å²) in [5, 5.41) is 12.1. The maximum Gasteiger partial charge on any atom is 0.319 e. The Morgan fingerprint density at radius 3 is 2.74 bits per heavy atom. The molecule has 1 atom stereocenters. The lowest BCUT2D eigenvalue weighted by atomic mass is 9.83. The molecule has 1 heterocycles. The van der Waals surface area contributed by atoms with Crippen LogP contribution >= 0.6 is 15.9 Å². The number of rotatable bonds is 5. The molecule has 1 aromatic heterocycles. The number of carbonyl (C=O) groups excluding carboxylic acids is 1. The van der Waals surface area contributed by atoms with Gasteiger partial charge in [0.15, 0.2) is 0 Å². The Balaban J connectivity index is 2.18. The maximum atomic E-state index is 12.1. The van der Waals surface area contributed by atoms with Crippen LogP contribution in [0.25, 0.3) is 0 Å². The van der Waals surface area contributed by atoms with Crippen molar-refractivity contribution in [3.05, 3.63) is 28.5 Å². The molecule has 1 saturated carbocycles. The number of aliphatic carboxylic acids is 1. The third-order valence-electron chi connectivity index (χ3n) is 3.20. The summed E-state index contributed by atoms with van der Waals surface area (Å²) in [6.07, 6.45) is 5.18. The van der Waals surface area contributed by atoms with E-state index in [1.54, 1.807) is 18.5 Å². The molecule has 0 aromatic carbocycles. The molecule has 1 aromatic rings. The molecule has 1 fully saturated rings. The highest BCUT2D eigenvalue weighted by atomic mass is 79.9. The van der Waals surface area contributed by atoms with Crippen molar-refractivity contribution < 1.29 is 14.7 Å². The first-order valence-electron chi connectivity index (χ1n) is 6.05. The van der Waals surface area contributed by atoms with E-state index in [1.165, 1.54) is 6.92 Å². The molecule has 0 saturated heterocycles. The number of carboxylic acid groups (broad SMARTS) is 1. The summed E-state index contributed by atoms with van der Waals surface area (Å²) in [7, 11) is 0. The van der Waals surface area contributed by atoms with Gasteiger partial charge in [0.2, 0.25) is 5.91 Å². The Morgan fingerprint density at radius 2 is 2.21 bits per heavy atom. The van der Waals surface area contributed by atoms with Gasteiger partial charge in [0.05, 0.1) is 0 Å². The van der Waals surface area contributed by atoms with E-state index in [4.69, 9.17) is 0 Å². The fraction of sp³-hybridized carbons (Fsp3) is 0.462. The molecule has 1 unspecified atom stereocenters. The Hall–Kier alpha value is -1.43. The molecule has 1 aliphatic carbocycles. The van der Waals surface area contributed by atoms with Crippen molar-refractivity contribution >= 4 is 27.8 Å². The van der Waals surface area contributed by atoms with Crippen LogP contribution in [-0.4, -0.2) is 28.0 Å². The summed E-state index contributed by atoms with van der Waals surface area (Å²) in [5.41, 5.74) is -0.754. The first-order chi connectivity index (χ1) is 8.91. The van der Waals surface area contributed by atoms with E-state index in [0.717, 1.165) is 17.3 Å². The average molecular weight is 327 g/mol. The van der Waals surface area contributed by atoms with E-state index in [-0.39, 0.29) is 12.5 Å². The predicted octanol–water partition coefficient (Wildman–Crippen LogP) is 1.76. The second-order valence-corrected chi connectivity index (χ2v) is 5.99. The lowest BCUT2D eigenvalue weighted by molar-refractivity contribution is -0.154. The SMILES string of the molecule is CC(Cc1cncc(Br)c1)(C(=O)O)C(=O)NC1CC1. The number of hydrogen-bond donors (Lipinski definition) is 2. The monoisotopic (exact) mass is 326 g/mol. The Labute approximate surface area is 119 Å². The van der Waals surface area contributed by atoms with Crippen LogP contribution in [0.5, 0.6) is 0 Å². The maximum absolute atomic E-state index is 12.1. The van der Waals surface area contributed by atoms with Crippen LogP contribution in [0.15, 0.2) is 22.9 Å². The second-order valence-electron chi connectivity index (χ2n) is 5.07. The van der Waals surface area contributed by atoms with E-state index in [0.29, 0.717) is 5.56 Å². The van der Waals surface area contributed by atoms with Gasteiger partial charge < -0.3 is 10.4 Å². The van der Waals surface area contributed by atoms with Gasteiger partial charge in [-0.2, -0.15) is 0 Å². The molecule has 0 radical (unpaired) electrons. The summed E-state index contributed by atoms with van der Waals surface area (Å²) < 4.78 is 0.764. The van der Waals surface area contributed by atoms with Gasteiger partial charge in [0, 0.05) is 22.9 Å². The number of pyridine rings is 1. The lowest BCUT2D eigenvalue weighted by Gasteiger charge is -2.23. The van der Waals surface area contributed by atoms with Gasteiger partial charge in [-0.15, -0.1) is 0 Å². The molecule has 2 rings (SSSR count). The van der Waals surface area contributed by atoms with Crippen molar-refractivity contribution in [3.63, 3.8) is 0 Å². The van der Waals surface area contributed by atoms with E-state index in [1.807, 2.05) is 0 Å². The van der Waals surface area contributed by atoms with E-state index >= 15 is 0 Å². The van der Waals surface area contributed by atoms with Gasteiger partial charge in [-0.05, 0) is 53.7 Å². The molecule has 1 aliphatic rings. The van der Waals surface area contributed by atoms with Crippen molar-refractivity contribution in [2.24, 2.45) is 5.41 Å². The second kappa shape index (κ2) is 5.28. The van der Waals surface area contributed by atoms with Gasteiger partial charge in [-0.3, -0.25) is 14.6 Å². The number of carboxylic acids is 1. The van der Waals surface area contributed by atoms with Crippen molar-refractivity contribution in [2.75, 3.05) is 0 Å². The van der Waals surface area contributed by atoms with Crippen molar-refractivity contribution in [1.29, 1.82) is 0 Å². The zero-order valence-electron chi connectivity index (χ0n) is 10.5. The molecule has 19 heavy (non-hydrogen) atoms. The van der Waals surface area contributed by atoms with Crippen molar-refractivity contribution in [2.45, 2.75) is 32.2 Å². The highest BCUT2D eigenvalue weighted by Gasteiger charge is 2.43. The number of halogens is 1. The van der Waals surface area contributed by atoms with Crippen LogP contribution in [0.4, 0.5) is 0 Å². The molecule has 0 bridgehead atoms. The molecular weight excluding hydrogens is 312 g/mol. The minimum absolute atomic E-state index is 0.118. The average Bonchev–Trinajstić information content (AvgIpc) is 3.12. The van der Waals surface area contributed by atoms with Crippen molar-refractivity contribution in [1.82, 2.24) is 10.3 Å².